The minimum Gasteiger partial charge on any atom is -0.506 e. The van der Waals surface area contributed by atoms with E-state index in [4.69, 9.17) is 11.6 Å². The lowest BCUT2D eigenvalue weighted by Crippen LogP contribution is -1.92. The zero-order valence-corrected chi connectivity index (χ0v) is 9.10. The minimum atomic E-state index is -1.02. The third kappa shape index (κ3) is 2.22. The molecule has 0 radical (unpaired) electrons. The summed E-state index contributed by atoms with van der Waals surface area (Å²) in [6.07, 6.45) is 0. The summed E-state index contributed by atoms with van der Waals surface area (Å²) >= 11 is 5.63. The molecule has 0 aliphatic carbocycles. The first-order chi connectivity index (χ1) is 7.99. The maximum atomic E-state index is 13.4. The molecule has 2 rings (SSSR count). The van der Waals surface area contributed by atoms with Gasteiger partial charge in [0.2, 0.25) is 0 Å². The number of hydrogen-bond donors (Lipinski definition) is 1. The van der Waals surface area contributed by atoms with E-state index in [0.717, 1.165) is 0 Å². The van der Waals surface area contributed by atoms with Crippen LogP contribution >= 0.6 is 11.6 Å². The van der Waals surface area contributed by atoms with Crippen molar-refractivity contribution in [3.63, 3.8) is 0 Å². The van der Waals surface area contributed by atoms with Crippen molar-refractivity contribution in [1.29, 1.82) is 0 Å². The van der Waals surface area contributed by atoms with Crippen LogP contribution in [0.4, 0.5) is 13.2 Å². The fourth-order valence-electron chi connectivity index (χ4n) is 1.48. The van der Waals surface area contributed by atoms with Gasteiger partial charge in [0.1, 0.15) is 23.2 Å². The number of halogens is 4. The van der Waals surface area contributed by atoms with Crippen molar-refractivity contribution in [2.24, 2.45) is 0 Å². The third-order valence-corrected chi connectivity index (χ3v) is 2.55. The lowest BCUT2D eigenvalue weighted by atomic mass is 10.0. The highest BCUT2D eigenvalue weighted by molar-refractivity contribution is 6.32. The van der Waals surface area contributed by atoms with E-state index in [1.54, 1.807) is 0 Å². The SMILES string of the molecule is Oc1ccc(-c2c(F)cc(F)cc2F)cc1Cl. The molecule has 0 spiro atoms. The molecule has 1 N–H and O–H groups in total. The molecule has 0 aliphatic rings. The average Bonchev–Trinajstić information content (AvgIpc) is 2.21. The van der Waals surface area contributed by atoms with E-state index in [1.807, 2.05) is 0 Å². The summed E-state index contributed by atoms with van der Waals surface area (Å²) in [5.41, 5.74) is -0.254. The van der Waals surface area contributed by atoms with Crippen LogP contribution < -0.4 is 0 Å². The molecule has 0 aromatic heterocycles. The molecule has 0 saturated carbocycles. The Hall–Kier alpha value is -1.68. The highest BCUT2D eigenvalue weighted by atomic mass is 35.5. The standard InChI is InChI=1S/C12H6ClF3O/c13-8-3-6(1-2-11(8)17)12-9(15)4-7(14)5-10(12)16/h1-5,17H. The lowest BCUT2D eigenvalue weighted by Gasteiger charge is -2.06. The molecule has 88 valence electrons. The normalized spacial score (nSPS) is 10.6. The smallest absolute Gasteiger partial charge is 0.136 e. The van der Waals surface area contributed by atoms with Gasteiger partial charge in [0.05, 0.1) is 10.6 Å². The summed E-state index contributed by atoms with van der Waals surface area (Å²) in [4.78, 5) is 0. The molecule has 2 aromatic carbocycles. The highest BCUT2D eigenvalue weighted by Gasteiger charge is 2.14. The Morgan fingerprint density at radius 1 is 0.941 bits per heavy atom. The lowest BCUT2D eigenvalue weighted by molar-refractivity contribution is 0.475. The predicted molar refractivity (Wildman–Crippen MR) is 58.4 cm³/mol. The van der Waals surface area contributed by atoms with E-state index >= 15 is 0 Å². The zero-order chi connectivity index (χ0) is 12.6. The van der Waals surface area contributed by atoms with Crippen molar-refractivity contribution in [2.75, 3.05) is 0 Å². The molecule has 17 heavy (non-hydrogen) atoms. The summed E-state index contributed by atoms with van der Waals surface area (Å²) in [6.45, 7) is 0. The second kappa shape index (κ2) is 4.30. The Labute approximate surface area is 100 Å². The van der Waals surface area contributed by atoms with Gasteiger partial charge in [-0.3, -0.25) is 0 Å². The van der Waals surface area contributed by atoms with Gasteiger partial charge in [0, 0.05) is 12.1 Å². The molecular formula is C12H6ClF3O. The van der Waals surface area contributed by atoms with Gasteiger partial charge in [-0.2, -0.15) is 0 Å². The molecule has 0 atom stereocenters. The van der Waals surface area contributed by atoms with Crippen molar-refractivity contribution in [1.82, 2.24) is 0 Å². The molecule has 0 aliphatic heterocycles. The van der Waals surface area contributed by atoms with Crippen LogP contribution in [0.2, 0.25) is 5.02 Å². The quantitative estimate of drug-likeness (QED) is 0.815. The van der Waals surface area contributed by atoms with Crippen LogP contribution in [0.25, 0.3) is 11.1 Å². The van der Waals surface area contributed by atoms with Crippen molar-refractivity contribution in [3.05, 3.63) is 52.8 Å². The Balaban J connectivity index is 2.64. The van der Waals surface area contributed by atoms with Gasteiger partial charge in [-0.15, -0.1) is 0 Å². The summed E-state index contributed by atoms with van der Waals surface area (Å²) in [5, 5.41) is 9.16. The first kappa shape index (κ1) is 11.8. The monoisotopic (exact) mass is 258 g/mol. The Kier molecular flexibility index (Phi) is 2.98. The van der Waals surface area contributed by atoms with Crippen LogP contribution in [0.1, 0.15) is 0 Å². The first-order valence-electron chi connectivity index (χ1n) is 4.62. The molecule has 0 unspecified atom stereocenters. The minimum absolute atomic E-state index is 0.0365. The molecular weight excluding hydrogens is 253 g/mol. The number of aromatic hydroxyl groups is 1. The van der Waals surface area contributed by atoms with Gasteiger partial charge in [0.15, 0.2) is 0 Å². The van der Waals surface area contributed by atoms with Gasteiger partial charge in [-0.1, -0.05) is 17.7 Å². The van der Waals surface area contributed by atoms with Gasteiger partial charge in [0.25, 0.3) is 0 Å². The summed E-state index contributed by atoms with van der Waals surface area (Å²) in [5.74, 6) is -3.24. The van der Waals surface area contributed by atoms with Crippen molar-refractivity contribution < 1.29 is 18.3 Å². The van der Waals surface area contributed by atoms with E-state index in [0.29, 0.717) is 12.1 Å². The fraction of sp³-hybridized carbons (Fsp3) is 0. The molecule has 0 bridgehead atoms. The molecule has 0 fully saturated rings. The van der Waals surface area contributed by atoms with Crippen LogP contribution in [0.5, 0.6) is 5.75 Å². The van der Waals surface area contributed by atoms with Crippen molar-refractivity contribution >= 4 is 11.6 Å². The van der Waals surface area contributed by atoms with Crippen LogP contribution in [0.3, 0.4) is 0 Å². The van der Waals surface area contributed by atoms with Gasteiger partial charge in [-0.25, -0.2) is 13.2 Å². The number of hydrogen-bond acceptors (Lipinski definition) is 1. The Morgan fingerprint density at radius 2 is 1.53 bits per heavy atom. The van der Waals surface area contributed by atoms with Crippen LogP contribution in [0.15, 0.2) is 30.3 Å². The van der Waals surface area contributed by atoms with Gasteiger partial charge in [-0.05, 0) is 17.7 Å². The average molecular weight is 259 g/mol. The number of phenolic OH excluding ortho intramolecular Hbond substituents is 1. The van der Waals surface area contributed by atoms with E-state index in [-0.39, 0.29) is 21.9 Å². The molecule has 0 saturated heterocycles. The van der Waals surface area contributed by atoms with Crippen molar-refractivity contribution in [2.45, 2.75) is 0 Å². The van der Waals surface area contributed by atoms with Crippen LogP contribution in [0, 0.1) is 17.5 Å². The number of rotatable bonds is 1. The molecule has 2 aromatic rings. The van der Waals surface area contributed by atoms with E-state index in [9.17, 15) is 18.3 Å². The number of benzene rings is 2. The van der Waals surface area contributed by atoms with Crippen LogP contribution in [-0.4, -0.2) is 5.11 Å². The third-order valence-electron chi connectivity index (χ3n) is 2.24. The van der Waals surface area contributed by atoms with E-state index in [1.165, 1.54) is 18.2 Å². The van der Waals surface area contributed by atoms with E-state index in [2.05, 4.69) is 0 Å². The number of phenols is 1. The van der Waals surface area contributed by atoms with Crippen molar-refractivity contribution in [3.8, 4) is 16.9 Å². The Bertz CT molecular complexity index is 561. The van der Waals surface area contributed by atoms with Gasteiger partial charge >= 0.3 is 0 Å². The molecule has 1 nitrogen and oxygen atoms in total. The molecule has 0 heterocycles. The Morgan fingerprint density at radius 3 is 2.06 bits per heavy atom. The fourth-order valence-corrected chi connectivity index (χ4v) is 1.66. The maximum Gasteiger partial charge on any atom is 0.136 e. The van der Waals surface area contributed by atoms with Crippen LogP contribution in [-0.2, 0) is 0 Å². The van der Waals surface area contributed by atoms with E-state index < -0.39 is 17.5 Å². The second-order valence-electron chi connectivity index (χ2n) is 3.41. The van der Waals surface area contributed by atoms with Gasteiger partial charge < -0.3 is 5.11 Å². The molecule has 0 amide bonds. The molecule has 5 heteroatoms. The largest absolute Gasteiger partial charge is 0.506 e. The zero-order valence-electron chi connectivity index (χ0n) is 8.35. The summed E-state index contributed by atoms with van der Waals surface area (Å²) in [6, 6.07) is 4.87. The summed E-state index contributed by atoms with van der Waals surface area (Å²) in [7, 11) is 0. The summed E-state index contributed by atoms with van der Waals surface area (Å²) < 4.78 is 39.6. The topological polar surface area (TPSA) is 20.2 Å². The second-order valence-corrected chi connectivity index (χ2v) is 3.82. The first-order valence-corrected chi connectivity index (χ1v) is 5.00. The maximum absolute atomic E-state index is 13.4. The predicted octanol–water partition coefficient (Wildman–Crippen LogP) is 4.13. The highest BCUT2D eigenvalue weighted by Crippen LogP contribution is 2.32.